The molecule has 0 aromatic heterocycles. The van der Waals surface area contributed by atoms with E-state index in [1.165, 1.54) is 25.0 Å². The summed E-state index contributed by atoms with van der Waals surface area (Å²) in [6, 6.07) is 6.52. The van der Waals surface area contributed by atoms with E-state index in [0.29, 0.717) is 6.04 Å². The molecule has 0 aliphatic heterocycles. The van der Waals surface area contributed by atoms with Gasteiger partial charge in [0.05, 0.1) is 0 Å². The normalized spacial score (nSPS) is 13.4. The second-order valence-corrected chi connectivity index (χ2v) is 4.49. The zero-order valence-corrected chi connectivity index (χ0v) is 14.6. The van der Waals surface area contributed by atoms with Crippen molar-refractivity contribution in [1.29, 1.82) is 0 Å². The van der Waals surface area contributed by atoms with Crippen molar-refractivity contribution in [3.8, 4) is 0 Å². The summed E-state index contributed by atoms with van der Waals surface area (Å²) in [5.74, 6) is 0. The first-order valence-electron chi connectivity index (χ1n) is 4.80. The van der Waals surface area contributed by atoms with Crippen molar-refractivity contribution in [2.45, 2.75) is 25.1 Å². The Morgan fingerprint density at radius 3 is 1.89 bits per heavy atom. The van der Waals surface area contributed by atoms with Gasteiger partial charge >= 0.3 is 59.0 Å². The summed E-state index contributed by atoms with van der Waals surface area (Å²) >= 11 is 3.13. The topological polar surface area (TPSA) is 26.0 Å². The molecule has 0 heterocycles. The predicted octanol–water partition coefficient (Wildman–Crippen LogP) is -2.21. The molecule has 1 aromatic carbocycles. The molecule has 2 N–H and O–H groups in total. The number of rotatable bonds is 1. The fourth-order valence-electron chi connectivity index (χ4n) is 0.844. The van der Waals surface area contributed by atoms with Crippen LogP contribution in [-0.2, 0) is 0 Å². The van der Waals surface area contributed by atoms with Crippen molar-refractivity contribution >= 4 is 15.9 Å². The Bertz CT molecular complexity index is 330. The van der Waals surface area contributed by atoms with Gasteiger partial charge in [-0.1, -0.05) is 22.4 Å². The molecule has 1 aliphatic carbocycles. The monoisotopic (exact) mass is 353 g/mol. The molecular formula is C11H13BrF4KN. The van der Waals surface area contributed by atoms with Crippen LogP contribution in [0.1, 0.15) is 19.8 Å². The van der Waals surface area contributed by atoms with Gasteiger partial charge in [-0.2, -0.15) is 30.9 Å². The van der Waals surface area contributed by atoms with E-state index in [1.807, 2.05) is 0 Å². The fraction of sp³-hybridized carbons (Fsp3) is 0.364. The van der Waals surface area contributed by atoms with Gasteiger partial charge in [0.15, 0.2) is 0 Å². The van der Waals surface area contributed by atoms with Crippen LogP contribution >= 0.6 is 15.9 Å². The van der Waals surface area contributed by atoms with Crippen LogP contribution in [0.2, 0.25) is 0 Å². The Balaban J connectivity index is -0.000000317. The van der Waals surface area contributed by atoms with Crippen LogP contribution in [0.4, 0.5) is 13.2 Å². The Morgan fingerprint density at radius 1 is 1.22 bits per heavy atom. The number of halogens is 5. The molecule has 0 radical (unpaired) electrons. The first-order chi connectivity index (χ1) is 7.37. The number of alkyl halides is 3. The first kappa shape index (κ1) is 21.2. The van der Waals surface area contributed by atoms with Crippen LogP contribution in [-0.4, -0.2) is 12.2 Å². The van der Waals surface area contributed by atoms with Crippen molar-refractivity contribution < 1.29 is 70.7 Å². The average molecular weight is 354 g/mol. The molecule has 0 amide bonds. The van der Waals surface area contributed by atoms with Gasteiger partial charge in [0, 0.05) is 6.04 Å². The maximum atomic E-state index is 11.8. The third kappa shape index (κ3) is 11.9. The molecule has 0 atom stereocenters. The van der Waals surface area contributed by atoms with Crippen LogP contribution in [0.5, 0.6) is 0 Å². The van der Waals surface area contributed by atoms with Crippen LogP contribution in [0.15, 0.2) is 28.7 Å². The van der Waals surface area contributed by atoms with E-state index in [0.717, 1.165) is 4.47 Å². The van der Waals surface area contributed by atoms with E-state index < -0.39 is 6.18 Å². The zero-order valence-electron chi connectivity index (χ0n) is 10.8. The van der Waals surface area contributed by atoms with Crippen molar-refractivity contribution in [2.75, 3.05) is 0 Å². The molecule has 0 unspecified atom stereocenters. The minimum absolute atomic E-state index is 0. The molecule has 98 valence electrons. The molecule has 0 bridgehead atoms. The SMILES string of the molecule is FC(F)(F)[CH-]c1ccc(Br)cc1.NC1CC1.[F-].[H+].[K+]. The summed E-state index contributed by atoms with van der Waals surface area (Å²) in [5.41, 5.74) is 5.38. The summed E-state index contributed by atoms with van der Waals surface area (Å²) in [5, 5.41) is 0. The Hall–Kier alpha value is 0.886. The zero-order chi connectivity index (χ0) is 12.2. The first-order valence-corrected chi connectivity index (χ1v) is 5.60. The molecular weight excluding hydrogens is 341 g/mol. The molecule has 7 heteroatoms. The molecule has 1 nitrogen and oxygen atoms in total. The van der Waals surface area contributed by atoms with Crippen LogP contribution in [0, 0.1) is 6.42 Å². The fourth-order valence-corrected chi connectivity index (χ4v) is 1.11. The van der Waals surface area contributed by atoms with Gasteiger partial charge < -0.3 is 10.4 Å². The third-order valence-corrected chi connectivity index (χ3v) is 2.35. The Kier molecular flexibility index (Phi) is 11.5. The quantitative estimate of drug-likeness (QED) is 0.346. The molecule has 0 spiro atoms. The van der Waals surface area contributed by atoms with Gasteiger partial charge in [0.25, 0.3) is 0 Å². The summed E-state index contributed by atoms with van der Waals surface area (Å²) in [6.45, 7) is 0. The minimum atomic E-state index is -4.24. The van der Waals surface area contributed by atoms with E-state index in [1.54, 1.807) is 12.1 Å². The maximum absolute atomic E-state index is 11.8. The van der Waals surface area contributed by atoms with Gasteiger partial charge in [-0.25, -0.2) is 0 Å². The number of hydrogen-bond acceptors (Lipinski definition) is 1. The number of nitrogens with two attached hydrogens (primary N) is 1. The number of benzene rings is 1. The largest absolute Gasteiger partial charge is 1.00 e. The molecule has 1 fully saturated rings. The maximum Gasteiger partial charge on any atom is 1.00 e. The van der Waals surface area contributed by atoms with E-state index in [-0.39, 0.29) is 69.5 Å². The second kappa shape index (κ2) is 9.74. The molecule has 1 saturated carbocycles. The summed E-state index contributed by atoms with van der Waals surface area (Å²) in [6.07, 6.45) is -1.45. The summed E-state index contributed by atoms with van der Waals surface area (Å²) in [4.78, 5) is 0. The Morgan fingerprint density at radius 2 is 1.61 bits per heavy atom. The van der Waals surface area contributed by atoms with E-state index >= 15 is 0 Å². The van der Waals surface area contributed by atoms with E-state index in [2.05, 4.69) is 15.9 Å². The van der Waals surface area contributed by atoms with Crippen molar-refractivity contribution in [2.24, 2.45) is 5.73 Å². The molecule has 1 aromatic rings. The van der Waals surface area contributed by atoms with Gasteiger partial charge in [-0.15, -0.1) is 12.1 Å². The average Bonchev–Trinajstić information content (AvgIpc) is 2.91. The second-order valence-electron chi connectivity index (χ2n) is 3.57. The van der Waals surface area contributed by atoms with Crippen LogP contribution in [0.3, 0.4) is 0 Å². The van der Waals surface area contributed by atoms with Gasteiger partial charge in [0.2, 0.25) is 0 Å². The smallest absolute Gasteiger partial charge is 1.00 e. The van der Waals surface area contributed by atoms with Crippen molar-refractivity contribution in [1.82, 2.24) is 0 Å². The van der Waals surface area contributed by atoms with Gasteiger partial charge in [-0.05, 0) is 17.3 Å². The van der Waals surface area contributed by atoms with E-state index in [4.69, 9.17) is 5.73 Å². The molecule has 1 aliphatic rings. The standard InChI is InChI=1S/C8H5BrF3.C3H7N.FH.K/c9-7-3-1-6(2-4-7)5-8(10,11)12;4-3-1-2-3;;/h1-5H;3H,1-2,4H2;1H;/q-1;;;+1. The Labute approximate surface area is 156 Å². The van der Waals surface area contributed by atoms with Crippen LogP contribution < -0.4 is 61.8 Å². The molecule has 0 saturated heterocycles. The minimum Gasteiger partial charge on any atom is -1.00 e. The van der Waals surface area contributed by atoms with Crippen molar-refractivity contribution in [3.05, 3.63) is 40.7 Å². The number of hydrogen-bond donors (Lipinski definition) is 1. The van der Waals surface area contributed by atoms with Crippen LogP contribution in [0.25, 0.3) is 0 Å². The molecule has 2 rings (SSSR count). The van der Waals surface area contributed by atoms with Gasteiger partial charge in [0.1, 0.15) is 0 Å². The van der Waals surface area contributed by atoms with Crippen molar-refractivity contribution in [3.63, 3.8) is 0 Å². The van der Waals surface area contributed by atoms with Gasteiger partial charge in [-0.3, -0.25) is 0 Å². The summed E-state index contributed by atoms with van der Waals surface area (Å²) < 4.78 is 36.1. The third-order valence-electron chi connectivity index (χ3n) is 1.82. The molecule has 18 heavy (non-hydrogen) atoms. The predicted molar refractivity (Wildman–Crippen MR) is 61.9 cm³/mol. The van der Waals surface area contributed by atoms with E-state index in [9.17, 15) is 13.2 Å². The summed E-state index contributed by atoms with van der Waals surface area (Å²) in [7, 11) is 0.